The van der Waals surface area contributed by atoms with E-state index in [0.717, 1.165) is 5.56 Å². The van der Waals surface area contributed by atoms with Crippen LogP contribution >= 0.6 is 11.6 Å². The predicted molar refractivity (Wildman–Crippen MR) is 139 cm³/mol. The lowest BCUT2D eigenvalue weighted by atomic mass is 10.1. The minimum atomic E-state index is -3.61. The van der Waals surface area contributed by atoms with E-state index in [-0.39, 0.29) is 17.4 Å². The van der Waals surface area contributed by atoms with E-state index in [4.69, 9.17) is 16.3 Å². The van der Waals surface area contributed by atoms with E-state index in [0.29, 0.717) is 47.3 Å². The van der Waals surface area contributed by atoms with Crippen molar-refractivity contribution in [3.05, 3.63) is 82.9 Å². The Morgan fingerprint density at radius 1 is 1.03 bits per heavy atom. The Morgan fingerprint density at radius 2 is 1.69 bits per heavy atom. The normalized spacial score (nSPS) is 13.3. The Hall–Kier alpha value is -3.40. The lowest BCUT2D eigenvalue weighted by molar-refractivity contribution is -0.121. The van der Waals surface area contributed by atoms with E-state index in [2.05, 4.69) is 5.32 Å². The number of nitrogens with one attached hydrogen (secondary N) is 1. The highest BCUT2D eigenvalue weighted by Gasteiger charge is 2.26. The summed E-state index contributed by atoms with van der Waals surface area (Å²) in [7, 11) is -3.61. The zero-order valence-corrected chi connectivity index (χ0v) is 21.5. The van der Waals surface area contributed by atoms with Gasteiger partial charge in [-0.1, -0.05) is 37.6 Å². The number of fused-ring (bicyclic) bond motifs is 1. The summed E-state index contributed by atoms with van der Waals surface area (Å²) < 4.78 is 32.3. The molecule has 1 heterocycles. The van der Waals surface area contributed by atoms with Crippen LogP contribution in [-0.2, 0) is 21.4 Å². The highest BCUT2D eigenvalue weighted by molar-refractivity contribution is 7.89. The number of nitrogens with zero attached hydrogens (tertiary/aromatic N) is 2. The fourth-order valence-electron chi connectivity index (χ4n) is 3.92. The average molecular weight is 528 g/mol. The van der Waals surface area contributed by atoms with Gasteiger partial charge in [0.1, 0.15) is 5.75 Å². The van der Waals surface area contributed by atoms with Crippen LogP contribution in [0.3, 0.4) is 0 Å². The van der Waals surface area contributed by atoms with E-state index in [9.17, 15) is 18.0 Å². The van der Waals surface area contributed by atoms with E-state index < -0.39 is 15.9 Å². The van der Waals surface area contributed by atoms with E-state index >= 15 is 0 Å². The van der Waals surface area contributed by atoms with Crippen LogP contribution in [0.1, 0.15) is 29.8 Å². The highest BCUT2D eigenvalue weighted by Crippen LogP contribution is 2.35. The first-order valence-electron chi connectivity index (χ1n) is 11.5. The average Bonchev–Trinajstić information content (AvgIpc) is 2.87. The number of carbonyl (C=O) groups excluding carboxylic acids is 2. The lowest BCUT2D eigenvalue weighted by Crippen LogP contribution is -2.38. The molecule has 0 aromatic heterocycles. The molecular weight excluding hydrogens is 502 g/mol. The zero-order chi connectivity index (χ0) is 25.9. The van der Waals surface area contributed by atoms with Crippen LogP contribution in [0.15, 0.2) is 71.6 Å². The molecule has 36 heavy (non-hydrogen) atoms. The molecule has 3 aromatic carbocycles. The summed E-state index contributed by atoms with van der Waals surface area (Å²) in [5.74, 6) is -0.0764. The molecule has 0 aliphatic carbocycles. The van der Waals surface area contributed by atoms with Gasteiger partial charge in [-0.3, -0.25) is 9.59 Å². The molecule has 4 rings (SSSR count). The molecule has 0 bridgehead atoms. The van der Waals surface area contributed by atoms with E-state index in [1.165, 1.54) is 28.6 Å². The summed E-state index contributed by atoms with van der Waals surface area (Å²) in [6.45, 7) is 4.52. The zero-order valence-electron chi connectivity index (χ0n) is 19.9. The number of ether oxygens (including phenoxy) is 1. The molecule has 0 fully saturated rings. The maximum absolute atomic E-state index is 12.9. The molecule has 10 heteroatoms. The standard InChI is InChI=1S/C26H26ClN3O5S/c1-3-29(4-2)36(33,34)22-12-7-19(8-13-22)26(32)28-21-11-14-24-23(15-21)30(25(31)17-35-24)16-18-5-9-20(27)10-6-18/h5-15H,3-4,16-17H2,1-2H3,(H,28,32). The van der Waals surface area contributed by atoms with Crippen LogP contribution in [0.4, 0.5) is 11.4 Å². The van der Waals surface area contributed by atoms with Crippen molar-refractivity contribution in [3.63, 3.8) is 0 Å². The summed E-state index contributed by atoms with van der Waals surface area (Å²) in [4.78, 5) is 27.2. The van der Waals surface area contributed by atoms with Crippen LogP contribution in [-0.4, -0.2) is 44.2 Å². The lowest BCUT2D eigenvalue weighted by Gasteiger charge is -2.30. The van der Waals surface area contributed by atoms with Gasteiger partial charge in [0, 0.05) is 29.4 Å². The molecule has 1 aliphatic heterocycles. The number of halogens is 1. The van der Waals surface area contributed by atoms with Crippen LogP contribution in [0.2, 0.25) is 5.02 Å². The van der Waals surface area contributed by atoms with Crippen molar-refractivity contribution in [2.75, 3.05) is 29.9 Å². The molecule has 0 atom stereocenters. The molecule has 1 N–H and O–H groups in total. The van der Waals surface area contributed by atoms with Crippen molar-refractivity contribution < 1.29 is 22.7 Å². The smallest absolute Gasteiger partial charge is 0.265 e. The molecule has 3 aromatic rings. The van der Waals surface area contributed by atoms with Crippen LogP contribution in [0.5, 0.6) is 5.75 Å². The molecule has 0 radical (unpaired) electrons. The third-order valence-corrected chi connectivity index (χ3v) is 8.19. The Kier molecular flexibility index (Phi) is 7.63. The maximum Gasteiger partial charge on any atom is 0.265 e. The fourth-order valence-corrected chi connectivity index (χ4v) is 5.50. The quantitative estimate of drug-likeness (QED) is 0.463. The number of sulfonamides is 1. The predicted octanol–water partition coefficient (Wildman–Crippen LogP) is 4.55. The van der Waals surface area contributed by atoms with Crippen molar-refractivity contribution in [2.24, 2.45) is 0 Å². The summed E-state index contributed by atoms with van der Waals surface area (Å²) in [6.07, 6.45) is 0. The molecule has 0 unspecified atom stereocenters. The van der Waals surface area contributed by atoms with Gasteiger partial charge in [0.05, 0.1) is 17.1 Å². The van der Waals surface area contributed by atoms with Crippen molar-refractivity contribution >= 4 is 44.8 Å². The fraction of sp³-hybridized carbons (Fsp3) is 0.231. The molecule has 8 nitrogen and oxygen atoms in total. The van der Waals surface area contributed by atoms with Gasteiger partial charge in [0.2, 0.25) is 10.0 Å². The third-order valence-electron chi connectivity index (χ3n) is 5.87. The minimum absolute atomic E-state index is 0.0744. The second-order valence-electron chi connectivity index (χ2n) is 8.15. The largest absolute Gasteiger partial charge is 0.482 e. The Labute approximate surface area is 215 Å². The molecule has 1 aliphatic rings. The molecule has 0 spiro atoms. The SMILES string of the molecule is CCN(CC)S(=O)(=O)c1ccc(C(=O)Nc2ccc3c(c2)N(Cc2ccc(Cl)cc2)C(=O)CO3)cc1. The Morgan fingerprint density at radius 3 is 2.33 bits per heavy atom. The number of hydrogen-bond acceptors (Lipinski definition) is 5. The second-order valence-corrected chi connectivity index (χ2v) is 10.5. The third kappa shape index (κ3) is 5.38. The van der Waals surface area contributed by atoms with Gasteiger partial charge in [0.25, 0.3) is 11.8 Å². The molecule has 2 amide bonds. The summed E-state index contributed by atoms with van der Waals surface area (Å²) in [5.41, 5.74) is 2.21. The summed E-state index contributed by atoms with van der Waals surface area (Å²) in [6, 6.07) is 18.1. The topological polar surface area (TPSA) is 96.0 Å². The first kappa shape index (κ1) is 25.7. The van der Waals surface area contributed by atoms with E-state index in [1.54, 1.807) is 49.1 Å². The number of benzene rings is 3. The number of anilines is 2. The van der Waals surface area contributed by atoms with Crippen LogP contribution in [0.25, 0.3) is 0 Å². The van der Waals surface area contributed by atoms with Gasteiger partial charge in [-0.2, -0.15) is 4.31 Å². The molecular formula is C26H26ClN3O5S. The van der Waals surface area contributed by atoms with Gasteiger partial charge >= 0.3 is 0 Å². The van der Waals surface area contributed by atoms with Crippen LogP contribution < -0.4 is 15.0 Å². The van der Waals surface area contributed by atoms with Crippen molar-refractivity contribution in [1.82, 2.24) is 4.31 Å². The molecule has 0 saturated heterocycles. The van der Waals surface area contributed by atoms with Crippen molar-refractivity contribution in [3.8, 4) is 5.75 Å². The first-order chi connectivity index (χ1) is 17.2. The summed E-state index contributed by atoms with van der Waals surface area (Å²) in [5, 5.41) is 3.42. The van der Waals surface area contributed by atoms with Gasteiger partial charge in [-0.05, 0) is 60.2 Å². The minimum Gasteiger partial charge on any atom is -0.482 e. The number of amides is 2. The number of rotatable bonds is 8. The van der Waals surface area contributed by atoms with Gasteiger partial charge in [-0.25, -0.2) is 8.42 Å². The van der Waals surface area contributed by atoms with Gasteiger partial charge < -0.3 is 15.0 Å². The maximum atomic E-state index is 12.9. The number of carbonyl (C=O) groups is 2. The monoisotopic (exact) mass is 527 g/mol. The Balaban J connectivity index is 1.53. The number of hydrogen-bond donors (Lipinski definition) is 1. The highest BCUT2D eigenvalue weighted by atomic mass is 35.5. The Bertz CT molecular complexity index is 1370. The van der Waals surface area contributed by atoms with E-state index in [1.807, 2.05) is 12.1 Å². The molecule has 188 valence electrons. The molecule has 0 saturated carbocycles. The first-order valence-corrected chi connectivity index (χ1v) is 13.3. The summed E-state index contributed by atoms with van der Waals surface area (Å²) >= 11 is 5.97. The van der Waals surface area contributed by atoms with Crippen molar-refractivity contribution in [1.29, 1.82) is 0 Å². The van der Waals surface area contributed by atoms with Gasteiger partial charge in [0.15, 0.2) is 6.61 Å². The van der Waals surface area contributed by atoms with Gasteiger partial charge in [-0.15, -0.1) is 0 Å². The van der Waals surface area contributed by atoms with Crippen LogP contribution in [0, 0.1) is 0 Å². The van der Waals surface area contributed by atoms with Crippen molar-refractivity contribution in [2.45, 2.75) is 25.3 Å². The second kappa shape index (κ2) is 10.7.